The Kier molecular flexibility index (Phi) is 14.0. The summed E-state index contributed by atoms with van der Waals surface area (Å²) in [7, 11) is 0. The van der Waals surface area contributed by atoms with Gasteiger partial charge in [-0.15, -0.1) is 0 Å². The quantitative estimate of drug-likeness (QED) is 0.689. The molecule has 15 heavy (non-hydrogen) atoms. The fourth-order valence-electron chi connectivity index (χ4n) is 1.06. The zero-order valence-electron chi connectivity index (χ0n) is 11.0. The molecular formula is C14H25N. The van der Waals surface area contributed by atoms with E-state index < -0.39 is 0 Å². The highest BCUT2D eigenvalue weighted by atomic mass is 14.6. The SMILES string of the molecule is C/C=c1/cncc/c1=C/CC.CC.CC. The Morgan fingerprint density at radius 2 is 1.73 bits per heavy atom. The summed E-state index contributed by atoms with van der Waals surface area (Å²) in [6.45, 7) is 12.2. The third-order valence-electron chi connectivity index (χ3n) is 1.62. The predicted molar refractivity (Wildman–Crippen MR) is 71.1 cm³/mol. The molecule has 0 aliphatic heterocycles. The van der Waals surface area contributed by atoms with Crippen LogP contribution in [0.5, 0.6) is 0 Å². The van der Waals surface area contributed by atoms with E-state index in [1.807, 2.05) is 53.1 Å². The Morgan fingerprint density at radius 1 is 1.13 bits per heavy atom. The van der Waals surface area contributed by atoms with Crippen LogP contribution in [0.15, 0.2) is 18.5 Å². The summed E-state index contributed by atoms with van der Waals surface area (Å²) in [5.74, 6) is 0. The molecule has 0 N–H and O–H groups in total. The minimum atomic E-state index is 1.07. The minimum Gasteiger partial charge on any atom is -0.264 e. The molecule has 1 rings (SSSR count). The summed E-state index contributed by atoms with van der Waals surface area (Å²) in [6.07, 6.45) is 9.08. The molecule has 0 aromatic carbocycles. The third-order valence-corrected chi connectivity index (χ3v) is 1.62. The molecule has 1 heteroatoms. The molecule has 0 aliphatic carbocycles. The molecule has 0 amide bonds. The highest BCUT2D eigenvalue weighted by molar-refractivity contribution is 5.28. The maximum absolute atomic E-state index is 4.05. The van der Waals surface area contributed by atoms with Gasteiger partial charge in [0.05, 0.1) is 0 Å². The van der Waals surface area contributed by atoms with Crippen molar-refractivity contribution in [2.45, 2.75) is 48.0 Å². The second kappa shape index (κ2) is 12.9. The van der Waals surface area contributed by atoms with Crippen molar-refractivity contribution in [3.8, 4) is 0 Å². The van der Waals surface area contributed by atoms with Gasteiger partial charge in [0.15, 0.2) is 0 Å². The smallest absolute Gasteiger partial charge is 0.0342 e. The van der Waals surface area contributed by atoms with Crippen LogP contribution in [-0.4, -0.2) is 4.98 Å². The molecule has 86 valence electrons. The van der Waals surface area contributed by atoms with Gasteiger partial charge in [0, 0.05) is 12.4 Å². The van der Waals surface area contributed by atoms with Gasteiger partial charge in [-0.2, -0.15) is 0 Å². The zero-order valence-corrected chi connectivity index (χ0v) is 11.0. The Balaban J connectivity index is 0. The van der Waals surface area contributed by atoms with Crippen LogP contribution in [0.1, 0.15) is 48.0 Å². The van der Waals surface area contributed by atoms with E-state index in [2.05, 4.69) is 24.1 Å². The Hall–Kier alpha value is -1.11. The van der Waals surface area contributed by atoms with Gasteiger partial charge in [-0.25, -0.2) is 0 Å². The van der Waals surface area contributed by atoms with Gasteiger partial charge in [-0.1, -0.05) is 46.8 Å². The van der Waals surface area contributed by atoms with Crippen LogP contribution in [0.3, 0.4) is 0 Å². The molecule has 0 unspecified atom stereocenters. The molecule has 0 radical (unpaired) electrons. The number of rotatable bonds is 1. The van der Waals surface area contributed by atoms with Crippen molar-refractivity contribution in [2.24, 2.45) is 0 Å². The first kappa shape index (κ1) is 16.3. The fraction of sp³-hybridized carbons (Fsp3) is 0.500. The number of hydrogen-bond acceptors (Lipinski definition) is 1. The maximum atomic E-state index is 4.05. The van der Waals surface area contributed by atoms with Gasteiger partial charge in [0.1, 0.15) is 0 Å². The molecule has 1 aromatic heterocycles. The van der Waals surface area contributed by atoms with Crippen molar-refractivity contribution < 1.29 is 0 Å². The van der Waals surface area contributed by atoms with Crippen molar-refractivity contribution in [1.82, 2.24) is 4.98 Å². The molecule has 0 saturated heterocycles. The standard InChI is InChI=1S/C10H13N.2C2H6/c1-3-5-10-6-7-11-8-9(10)4-2;2*1-2/h4-8H,3H2,1-2H3;2*1-2H3/b9-4-,10-5-;;. The van der Waals surface area contributed by atoms with Gasteiger partial charge in [0.2, 0.25) is 0 Å². The lowest BCUT2D eigenvalue weighted by atomic mass is 10.2. The Morgan fingerprint density at radius 3 is 2.20 bits per heavy atom. The average Bonchev–Trinajstić information content (AvgIpc) is 2.35. The van der Waals surface area contributed by atoms with Gasteiger partial charge in [0.25, 0.3) is 0 Å². The van der Waals surface area contributed by atoms with Crippen molar-refractivity contribution in [2.75, 3.05) is 0 Å². The van der Waals surface area contributed by atoms with E-state index >= 15 is 0 Å². The summed E-state index contributed by atoms with van der Waals surface area (Å²) >= 11 is 0. The Bertz CT molecular complexity index is 325. The van der Waals surface area contributed by atoms with Crippen molar-refractivity contribution >= 4 is 12.2 Å². The van der Waals surface area contributed by atoms with E-state index in [1.54, 1.807) is 0 Å². The van der Waals surface area contributed by atoms with Crippen LogP contribution in [0.4, 0.5) is 0 Å². The van der Waals surface area contributed by atoms with Crippen molar-refractivity contribution in [1.29, 1.82) is 0 Å². The van der Waals surface area contributed by atoms with Gasteiger partial charge < -0.3 is 0 Å². The second-order valence-electron chi connectivity index (χ2n) is 2.41. The van der Waals surface area contributed by atoms with E-state index in [-0.39, 0.29) is 0 Å². The molecule has 1 aromatic rings. The van der Waals surface area contributed by atoms with Crippen LogP contribution < -0.4 is 10.4 Å². The van der Waals surface area contributed by atoms with Gasteiger partial charge in [-0.3, -0.25) is 4.98 Å². The second-order valence-corrected chi connectivity index (χ2v) is 2.41. The summed E-state index contributed by atoms with van der Waals surface area (Å²) in [4.78, 5) is 4.05. The molecule has 0 aliphatic rings. The number of pyridine rings is 1. The molecule has 0 spiro atoms. The van der Waals surface area contributed by atoms with Crippen LogP contribution in [0.25, 0.3) is 12.2 Å². The summed E-state index contributed by atoms with van der Waals surface area (Å²) in [6, 6.07) is 2.04. The number of aromatic nitrogens is 1. The highest BCUT2D eigenvalue weighted by Crippen LogP contribution is 1.73. The molecule has 0 saturated carbocycles. The normalized spacial score (nSPS) is 11.1. The van der Waals surface area contributed by atoms with Crippen LogP contribution in [0, 0.1) is 0 Å². The van der Waals surface area contributed by atoms with Crippen molar-refractivity contribution in [3.05, 3.63) is 28.9 Å². The van der Waals surface area contributed by atoms with Crippen LogP contribution >= 0.6 is 0 Å². The average molecular weight is 207 g/mol. The monoisotopic (exact) mass is 207 g/mol. The van der Waals surface area contributed by atoms with E-state index in [1.165, 1.54) is 10.4 Å². The Labute approximate surface area is 94.6 Å². The maximum Gasteiger partial charge on any atom is 0.0342 e. The first-order chi connectivity index (χ1) is 7.38. The highest BCUT2D eigenvalue weighted by Gasteiger charge is 1.80. The van der Waals surface area contributed by atoms with E-state index in [9.17, 15) is 0 Å². The molecule has 0 atom stereocenters. The molecule has 1 heterocycles. The van der Waals surface area contributed by atoms with Crippen LogP contribution in [0.2, 0.25) is 0 Å². The van der Waals surface area contributed by atoms with E-state index in [4.69, 9.17) is 0 Å². The number of nitrogens with zero attached hydrogens (tertiary/aromatic N) is 1. The summed E-state index contributed by atoms with van der Waals surface area (Å²) in [5, 5.41) is 2.50. The first-order valence-electron chi connectivity index (χ1n) is 5.95. The lowest BCUT2D eigenvalue weighted by molar-refractivity contribution is 1.24. The van der Waals surface area contributed by atoms with E-state index in [0.717, 1.165) is 6.42 Å². The predicted octanol–water partition coefficient (Wildman–Crippen LogP) is 3.12. The van der Waals surface area contributed by atoms with Crippen molar-refractivity contribution in [3.63, 3.8) is 0 Å². The van der Waals surface area contributed by atoms with Gasteiger partial charge >= 0.3 is 0 Å². The first-order valence-corrected chi connectivity index (χ1v) is 5.95. The van der Waals surface area contributed by atoms with Crippen LogP contribution in [-0.2, 0) is 0 Å². The molecule has 1 nitrogen and oxygen atoms in total. The number of hydrogen-bond donors (Lipinski definition) is 0. The molecule has 0 fully saturated rings. The summed E-state index contributed by atoms with van der Waals surface area (Å²) < 4.78 is 0. The fourth-order valence-corrected chi connectivity index (χ4v) is 1.06. The van der Waals surface area contributed by atoms with E-state index in [0.29, 0.717) is 0 Å². The summed E-state index contributed by atoms with van der Waals surface area (Å²) in [5.41, 5.74) is 0. The minimum absolute atomic E-state index is 1.07. The third kappa shape index (κ3) is 6.89. The van der Waals surface area contributed by atoms with Gasteiger partial charge in [-0.05, 0) is 29.8 Å². The lowest BCUT2D eigenvalue weighted by Gasteiger charge is -1.86. The molecular weight excluding hydrogens is 182 g/mol. The molecule has 0 bridgehead atoms. The lowest BCUT2D eigenvalue weighted by Crippen LogP contribution is -2.23. The largest absolute Gasteiger partial charge is 0.264 e. The topological polar surface area (TPSA) is 12.9 Å². The zero-order chi connectivity index (χ0) is 12.1.